The highest BCUT2D eigenvalue weighted by Crippen LogP contribution is 2.55. The summed E-state index contributed by atoms with van der Waals surface area (Å²) in [5.74, 6) is -7.51. The molecule has 1 heterocycles. The standard InChI is InChI=1S/C26H29Cl3N2O10/c1-4-41-25(37)21-17(12-40-10-9-39-8-7-30)31-13(2)19(24(36)38-3)26(21,14(23(34)35)11-18(32)33)20-15(27)5-6-16(28)22(20)29/h5-6,11,19H,4,7-10,12,30H2,1-3H3,(H,32,33)(H,34,35). The molecule has 0 saturated carbocycles. The molecular weight excluding hydrogens is 607 g/mol. The summed E-state index contributed by atoms with van der Waals surface area (Å²) >= 11 is 19.6. The summed E-state index contributed by atoms with van der Waals surface area (Å²) in [7, 11) is 1.02. The zero-order chi connectivity index (χ0) is 30.9. The maximum Gasteiger partial charge on any atom is 0.337 e. The van der Waals surface area contributed by atoms with Crippen LogP contribution in [0.1, 0.15) is 19.4 Å². The van der Waals surface area contributed by atoms with Gasteiger partial charge in [0, 0.05) is 28.9 Å². The Hall–Kier alpha value is -3.00. The third-order valence-corrected chi connectivity index (χ3v) is 7.12. The van der Waals surface area contributed by atoms with Crippen LogP contribution in [0, 0.1) is 5.92 Å². The zero-order valence-electron chi connectivity index (χ0n) is 22.4. The second-order valence-corrected chi connectivity index (χ2v) is 9.63. The van der Waals surface area contributed by atoms with E-state index in [1.165, 1.54) is 26.0 Å². The minimum absolute atomic E-state index is 0.0109. The number of aliphatic carboxylic acids is 2. The number of nitrogens with two attached hydrogens (primary N) is 1. The topological polar surface area (TPSA) is 184 Å². The van der Waals surface area contributed by atoms with Crippen molar-refractivity contribution in [2.24, 2.45) is 16.6 Å². The van der Waals surface area contributed by atoms with Crippen molar-refractivity contribution in [3.05, 3.63) is 55.7 Å². The van der Waals surface area contributed by atoms with Gasteiger partial charge in [-0.25, -0.2) is 14.4 Å². The molecule has 2 atom stereocenters. The number of nitrogens with zero attached hydrogens (tertiary/aromatic N) is 1. The first-order chi connectivity index (χ1) is 19.4. The highest BCUT2D eigenvalue weighted by molar-refractivity contribution is 6.44. The molecule has 0 radical (unpaired) electrons. The van der Waals surface area contributed by atoms with Gasteiger partial charge in [0.15, 0.2) is 0 Å². The lowest BCUT2D eigenvalue weighted by Crippen LogP contribution is -2.53. The Kier molecular flexibility index (Phi) is 12.8. The molecule has 2 rings (SSSR count). The van der Waals surface area contributed by atoms with Crippen molar-refractivity contribution in [3.8, 4) is 0 Å². The van der Waals surface area contributed by atoms with Crippen molar-refractivity contribution in [1.29, 1.82) is 0 Å². The van der Waals surface area contributed by atoms with Gasteiger partial charge in [-0.15, -0.1) is 0 Å². The van der Waals surface area contributed by atoms with E-state index in [0.29, 0.717) is 6.08 Å². The molecule has 224 valence electrons. The van der Waals surface area contributed by atoms with Crippen LogP contribution >= 0.6 is 34.8 Å². The summed E-state index contributed by atoms with van der Waals surface area (Å²) in [6, 6.07) is 2.57. The van der Waals surface area contributed by atoms with Gasteiger partial charge in [-0.2, -0.15) is 0 Å². The van der Waals surface area contributed by atoms with Crippen LogP contribution < -0.4 is 5.73 Å². The van der Waals surface area contributed by atoms with E-state index in [-0.39, 0.29) is 65.0 Å². The average Bonchev–Trinajstić information content (AvgIpc) is 2.90. The fourth-order valence-corrected chi connectivity index (χ4v) is 5.42. The molecule has 4 N–H and O–H groups in total. The van der Waals surface area contributed by atoms with Crippen LogP contribution in [0.3, 0.4) is 0 Å². The number of ether oxygens (including phenoxy) is 4. The van der Waals surface area contributed by atoms with Crippen LogP contribution in [-0.2, 0) is 43.5 Å². The number of esters is 2. The maximum absolute atomic E-state index is 13.8. The lowest BCUT2D eigenvalue weighted by atomic mass is 9.57. The monoisotopic (exact) mass is 634 g/mol. The van der Waals surface area contributed by atoms with Gasteiger partial charge < -0.3 is 34.9 Å². The van der Waals surface area contributed by atoms with Crippen molar-refractivity contribution >= 4 is 64.4 Å². The van der Waals surface area contributed by atoms with Crippen molar-refractivity contribution in [2.75, 3.05) is 46.7 Å². The Bertz CT molecular complexity index is 1290. The molecule has 12 nitrogen and oxygen atoms in total. The van der Waals surface area contributed by atoms with Crippen molar-refractivity contribution in [1.82, 2.24) is 0 Å². The first-order valence-corrected chi connectivity index (χ1v) is 13.2. The summed E-state index contributed by atoms with van der Waals surface area (Å²) < 4.78 is 21.2. The van der Waals surface area contributed by atoms with Crippen LogP contribution in [0.25, 0.3) is 0 Å². The number of benzene rings is 1. The van der Waals surface area contributed by atoms with E-state index >= 15 is 0 Å². The molecule has 0 aromatic heterocycles. The highest BCUT2D eigenvalue weighted by Gasteiger charge is 2.61. The molecule has 0 bridgehead atoms. The predicted molar refractivity (Wildman–Crippen MR) is 149 cm³/mol. The largest absolute Gasteiger partial charge is 0.478 e. The van der Waals surface area contributed by atoms with Crippen LogP contribution in [-0.4, -0.2) is 86.5 Å². The number of hydrogen-bond donors (Lipinski definition) is 3. The predicted octanol–water partition coefficient (Wildman–Crippen LogP) is 3.05. The number of aliphatic imine (C=N–C) groups is 1. The second kappa shape index (κ2) is 15.3. The zero-order valence-corrected chi connectivity index (χ0v) is 24.6. The molecule has 0 amide bonds. The van der Waals surface area contributed by atoms with Crippen molar-refractivity contribution in [3.63, 3.8) is 0 Å². The molecule has 0 spiro atoms. The normalized spacial score (nSPS) is 19.0. The molecular formula is C26H29Cl3N2O10. The SMILES string of the molecule is CCOC(=O)C1=C(COCCOCCN)N=C(C)C(C(=O)OC)C1(C(=CC(=O)O)C(=O)O)c1c(Cl)ccc(Cl)c1Cl. The van der Waals surface area contributed by atoms with E-state index in [0.717, 1.165) is 7.11 Å². The molecule has 1 aliphatic rings. The number of carbonyl (C=O) groups excluding carboxylic acids is 2. The van der Waals surface area contributed by atoms with E-state index in [1.807, 2.05) is 0 Å². The number of halogens is 3. The van der Waals surface area contributed by atoms with E-state index in [9.17, 15) is 29.4 Å². The smallest absolute Gasteiger partial charge is 0.337 e. The third kappa shape index (κ3) is 7.26. The van der Waals surface area contributed by atoms with E-state index in [4.69, 9.17) is 59.5 Å². The number of methoxy groups -OCH3 is 1. The summed E-state index contributed by atoms with van der Waals surface area (Å²) in [5.41, 5.74) is 0.736. The van der Waals surface area contributed by atoms with Gasteiger partial charge in [0.2, 0.25) is 0 Å². The summed E-state index contributed by atoms with van der Waals surface area (Å²) in [6.07, 6.45) is 0.336. The average molecular weight is 636 g/mol. The van der Waals surface area contributed by atoms with Gasteiger partial charge in [0.25, 0.3) is 0 Å². The van der Waals surface area contributed by atoms with E-state index < -0.39 is 53.0 Å². The number of carboxylic acid groups (broad SMARTS) is 2. The molecule has 1 aliphatic heterocycles. The first kappa shape index (κ1) is 34.2. The minimum atomic E-state index is -2.57. The maximum atomic E-state index is 13.8. The fraction of sp³-hybridized carbons (Fsp3) is 0.423. The Morgan fingerprint density at radius 2 is 1.71 bits per heavy atom. The molecule has 0 fully saturated rings. The highest BCUT2D eigenvalue weighted by atomic mass is 35.5. The van der Waals surface area contributed by atoms with Gasteiger partial charge >= 0.3 is 23.9 Å². The van der Waals surface area contributed by atoms with Crippen molar-refractivity contribution in [2.45, 2.75) is 19.3 Å². The molecule has 0 aliphatic carbocycles. The van der Waals surface area contributed by atoms with E-state index in [1.54, 1.807) is 0 Å². The second-order valence-electron chi connectivity index (χ2n) is 8.43. The number of rotatable bonds is 14. The van der Waals surface area contributed by atoms with Gasteiger partial charge in [0.05, 0.1) is 72.4 Å². The van der Waals surface area contributed by atoms with E-state index in [2.05, 4.69) is 4.99 Å². The lowest BCUT2D eigenvalue weighted by molar-refractivity contribution is -0.146. The Labute approximate surface area is 250 Å². The number of carboxylic acids is 2. The Morgan fingerprint density at radius 1 is 1.07 bits per heavy atom. The lowest BCUT2D eigenvalue weighted by Gasteiger charge is -2.44. The van der Waals surface area contributed by atoms with Gasteiger partial charge in [-0.3, -0.25) is 9.79 Å². The Balaban J connectivity index is 3.18. The van der Waals surface area contributed by atoms with Gasteiger partial charge in [-0.05, 0) is 26.0 Å². The van der Waals surface area contributed by atoms with Crippen molar-refractivity contribution < 1.29 is 48.3 Å². The summed E-state index contributed by atoms with van der Waals surface area (Å²) in [4.78, 5) is 56.5. The van der Waals surface area contributed by atoms with Crippen LogP contribution in [0.2, 0.25) is 15.1 Å². The molecule has 41 heavy (non-hydrogen) atoms. The summed E-state index contributed by atoms with van der Waals surface area (Å²) in [6.45, 7) is 2.96. The number of carbonyl (C=O) groups is 4. The molecule has 0 saturated heterocycles. The summed E-state index contributed by atoms with van der Waals surface area (Å²) in [5, 5.41) is 19.5. The minimum Gasteiger partial charge on any atom is -0.478 e. The molecule has 15 heteroatoms. The molecule has 1 aromatic rings. The quantitative estimate of drug-likeness (QED) is 0.118. The third-order valence-electron chi connectivity index (χ3n) is 6.00. The van der Waals surface area contributed by atoms with Crippen LogP contribution in [0.4, 0.5) is 0 Å². The molecule has 2 unspecified atom stereocenters. The van der Waals surface area contributed by atoms with Crippen LogP contribution in [0.15, 0.2) is 40.0 Å². The van der Waals surface area contributed by atoms with Gasteiger partial charge in [0.1, 0.15) is 5.92 Å². The van der Waals surface area contributed by atoms with Gasteiger partial charge in [-0.1, -0.05) is 34.8 Å². The van der Waals surface area contributed by atoms with Crippen LogP contribution in [0.5, 0.6) is 0 Å². The Morgan fingerprint density at radius 3 is 2.27 bits per heavy atom. The number of hydrogen-bond acceptors (Lipinski definition) is 10. The fourth-order valence-electron chi connectivity index (χ4n) is 4.59. The first-order valence-electron chi connectivity index (χ1n) is 12.1. The molecule has 1 aromatic carbocycles.